The fraction of sp³-hybridized carbons (Fsp3) is 0.444. The number of rotatable bonds is 5. The van der Waals surface area contributed by atoms with Gasteiger partial charge in [-0.05, 0) is 43.9 Å². The number of allylic oxidation sites excluding steroid dienone is 1. The molecule has 1 N–H and O–H groups in total. The molecular weight excluding hydrogens is 436 g/mol. The number of pyridine rings is 1. The Bertz CT molecular complexity index is 1170. The number of fused-ring (bicyclic) bond motifs is 1. The SMILES string of the molecule is C[C@H]1OC(=O)[C@]2(NC3CC3)CC(F)(F)[C@@H](C)[C@H](/C=C/c3ccc(-c4ccccc4C#N)cn3)[C@H]12. The van der Waals surface area contributed by atoms with E-state index in [9.17, 15) is 10.1 Å². The minimum atomic E-state index is -3.01. The molecule has 34 heavy (non-hydrogen) atoms. The number of halogens is 2. The molecule has 0 spiro atoms. The van der Waals surface area contributed by atoms with Crippen molar-refractivity contribution in [2.75, 3.05) is 0 Å². The minimum absolute atomic E-state index is 0.0969. The lowest BCUT2D eigenvalue weighted by atomic mass is 9.60. The summed E-state index contributed by atoms with van der Waals surface area (Å²) in [4.78, 5) is 17.3. The summed E-state index contributed by atoms with van der Waals surface area (Å²) >= 11 is 0. The van der Waals surface area contributed by atoms with Crippen LogP contribution in [0.2, 0.25) is 0 Å². The van der Waals surface area contributed by atoms with Gasteiger partial charge in [0, 0.05) is 41.6 Å². The Balaban J connectivity index is 1.45. The van der Waals surface area contributed by atoms with Gasteiger partial charge in [0.15, 0.2) is 0 Å². The van der Waals surface area contributed by atoms with Crippen molar-refractivity contribution < 1.29 is 18.3 Å². The van der Waals surface area contributed by atoms with E-state index < -0.39 is 41.8 Å². The van der Waals surface area contributed by atoms with E-state index in [1.807, 2.05) is 24.3 Å². The standard InChI is InChI=1S/C27H27F2N3O2/c1-16-22(12-11-20-8-7-19(14-31-20)23-6-4-3-5-18(23)13-30)24-17(2)34-25(33)26(24,15-27(16,28)29)32-21-9-10-21/h3-8,11-12,14,16-17,21-22,24,32H,9-10,15H2,1-2H3/b12-11+/t16-,17+,22-,24-,26-/m0/s1. The second-order valence-corrected chi connectivity index (χ2v) is 9.82. The Morgan fingerprint density at radius 3 is 2.65 bits per heavy atom. The van der Waals surface area contributed by atoms with Gasteiger partial charge in [0.2, 0.25) is 0 Å². The molecule has 1 aliphatic heterocycles. The van der Waals surface area contributed by atoms with Gasteiger partial charge in [0.1, 0.15) is 11.6 Å². The number of esters is 1. The van der Waals surface area contributed by atoms with Crippen LogP contribution in [0.1, 0.15) is 44.4 Å². The highest BCUT2D eigenvalue weighted by Crippen LogP contribution is 2.55. The lowest BCUT2D eigenvalue weighted by molar-refractivity contribution is -0.160. The summed E-state index contributed by atoms with van der Waals surface area (Å²) in [6.45, 7) is 3.36. The van der Waals surface area contributed by atoms with Crippen LogP contribution in [0.15, 0.2) is 48.7 Å². The molecule has 5 atom stereocenters. The van der Waals surface area contributed by atoms with Crippen molar-refractivity contribution in [3.05, 3.63) is 59.9 Å². The zero-order chi connectivity index (χ0) is 24.1. The number of nitrogens with one attached hydrogen (secondary N) is 1. The van der Waals surface area contributed by atoms with Crippen LogP contribution < -0.4 is 5.32 Å². The second-order valence-electron chi connectivity index (χ2n) is 9.82. The van der Waals surface area contributed by atoms with E-state index in [4.69, 9.17) is 4.74 Å². The van der Waals surface area contributed by atoms with Crippen molar-refractivity contribution in [1.29, 1.82) is 5.26 Å². The van der Waals surface area contributed by atoms with E-state index in [0.29, 0.717) is 11.3 Å². The monoisotopic (exact) mass is 463 g/mol. The van der Waals surface area contributed by atoms with Gasteiger partial charge in [-0.3, -0.25) is 15.1 Å². The maximum Gasteiger partial charge on any atom is 0.327 e. The summed E-state index contributed by atoms with van der Waals surface area (Å²) in [7, 11) is 0. The van der Waals surface area contributed by atoms with Gasteiger partial charge in [-0.15, -0.1) is 0 Å². The number of alkyl halides is 2. The molecule has 0 radical (unpaired) electrons. The van der Waals surface area contributed by atoms with Crippen LogP contribution in [0.3, 0.4) is 0 Å². The van der Waals surface area contributed by atoms with Crippen LogP contribution in [-0.4, -0.2) is 34.6 Å². The van der Waals surface area contributed by atoms with Crippen molar-refractivity contribution >= 4 is 12.0 Å². The number of carbonyl (C=O) groups is 1. The molecule has 5 rings (SSSR count). The van der Waals surface area contributed by atoms with Gasteiger partial charge in [0.05, 0.1) is 17.3 Å². The van der Waals surface area contributed by atoms with E-state index in [2.05, 4.69) is 16.4 Å². The Hall–Kier alpha value is -3.11. The van der Waals surface area contributed by atoms with Crippen molar-refractivity contribution in [1.82, 2.24) is 10.3 Å². The van der Waals surface area contributed by atoms with E-state index in [-0.39, 0.29) is 12.0 Å². The van der Waals surface area contributed by atoms with Crippen LogP contribution in [0, 0.1) is 29.1 Å². The lowest BCUT2D eigenvalue weighted by Crippen LogP contribution is -2.65. The molecule has 2 aliphatic carbocycles. The van der Waals surface area contributed by atoms with E-state index in [1.165, 1.54) is 0 Å². The molecule has 0 unspecified atom stereocenters. The molecule has 2 heterocycles. The summed E-state index contributed by atoms with van der Waals surface area (Å²) in [5.41, 5.74) is 1.43. The summed E-state index contributed by atoms with van der Waals surface area (Å²) in [6.07, 6.45) is 6.01. The Labute approximate surface area is 197 Å². The molecule has 2 saturated carbocycles. The first-order valence-corrected chi connectivity index (χ1v) is 11.8. The quantitative estimate of drug-likeness (QED) is 0.634. The summed E-state index contributed by atoms with van der Waals surface area (Å²) in [6, 6.07) is 13.2. The van der Waals surface area contributed by atoms with E-state index in [0.717, 1.165) is 24.0 Å². The van der Waals surface area contributed by atoms with Gasteiger partial charge >= 0.3 is 5.97 Å². The van der Waals surface area contributed by atoms with Gasteiger partial charge in [-0.2, -0.15) is 5.26 Å². The molecule has 2 aromatic rings. The average molecular weight is 464 g/mol. The molecular formula is C27H27F2N3O2. The topological polar surface area (TPSA) is 75.0 Å². The normalized spacial score (nSPS) is 32.3. The Morgan fingerprint density at radius 2 is 1.97 bits per heavy atom. The molecule has 176 valence electrons. The summed E-state index contributed by atoms with van der Waals surface area (Å²) in [5, 5.41) is 12.6. The summed E-state index contributed by atoms with van der Waals surface area (Å²) < 4.78 is 36.0. The highest BCUT2D eigenvalue weighted by molar-refractivity contribution is 5.84. The van der Waals surface area contributed by atoms with Crippen molar-refractivity contribution in [3.8, 4) is 17.2 Å². The largest absolute Gasteiger partial charge is 0.461 e. The first-order valence-electron chi connectivity index (χ1n) is 11.8. The van der Waals surface area contributed by atoms with Crippen LogP contribution in [0.4, 0.5) is 8.78 Å². The van der Waals surface area contributed by atoms with Crippen molar-refractivity contribution in [2.24, 2.45) is 17.8 Å². The van der Waals surface area contributed by atoms with Crippen LogP contribution in [0.5, 0.6) is 0 Å². The summed E-state index contributed by atoms with van der Waals surface area (Å²) in [5.74, 6) is -5.44. The zero-order valence-electron chi connectivity index (χ0n) is 19.2. The van der Waals surface area contributed by atoms with Crippen molar-refractivity contribution in [3.63, 3.8) is 0 Å². The third-order valence-electron chi connectivity index (χ3n) is 7.58. The second kappa shape index (κ2) is 8.28. The molecule has 0 amide bonds. The molecule has 1 aromatic carbocycles. The van der Waals surface area contributed by atoms with Gasteiger partial charge in [-0.25, -0.2) is 8.78 Å². The van der Waals surface area contributed by atoms with Gasteiger partial charge in [0.25, 0.3) is 5.92 Å². The molecule has 1 aromatic heterocycles. The highest BCUT2D eigenvalue weighted by atomic mass is 19.3. The number of ether oxygens (including phenoxy) is 1. The maximum atomic E-state index is 15.2. The van der Waals surface area contributed by atoms with Gasteiger partial charge in [-0.1, -0.05) is 37.3 Å². The Morgan fingerprint density at radius 1 is 1.21 bits per heavy atom. The van der Waals surface area contributed by atoms with E-state index in [1.54, 1.807) is 44.3 Å². The number of hydrogen-bond acceptors (Lipinski definition) is 5. The first kappa shape index (κ1) is 22.7. The lowest BCUT2D eigenvalue weighted by Gasteiger charge is -2.48. The predicted molar refractivity (Wildman–Crippen MR) is 124 cm³/mol. The number of aromatic nitrogens is 1. The zero-order valence-corrected chi connectivity index (χ0v) is 19.2. The number of nitrogens with zero attached hydrogens (tertiary/aromatic N) is 2. The third-order valence-corrected chi connectivity index (χ3v) is 7.58. The maximum absolute atomic E-state index is 15.2. The van der Waals surface area contributed by atoms with Crippen LogP contribution in [-0.2, 0) is 9.53 Å². The predicted octanol–water partition coefficient (Wildman–Crippen LogP) is 4.98. The number of hydrogen-bond donors (Lipinski definition) is 1. The molecule has 3 fully saturated rings. The highest BCUT2D eigenvalue weighted by Gasteiger charge is 2.68. The minimum Gasteiger partial charge on any atom is -0.461 e. The van der Waals surface area contributed by atoms with Gasteiger partial charge < -0.3 is 4.74 Å². The Kier molecular flexibility index (Phi) is 5.52. The molecule has 3 aliphatic rings. The van der Waals surface area contributed by atoms with Crippen LogP contribution >= 0.6 is 0 Å². The fourth-order valence-electron chi connectivity index (χ4n) is 5.63. The first-order chi connectivity index (χ1) is 16.2. The molecule has 7 heteroatoms. The third kappa shape index (κ3) is 3.80. The van der Waals surface area contributed by atoms with Crippen LogP contribution in [0.25, 0.3) is 17.2 Å². The number of carbonyl (C=O) groups excluding carboxylic acids is 1. The molecule has 0 bridgehead atoms. The molecule has 1 saturated heterocycles. The van der Waals surface area contributed by atoms with E-state index >= 15 is 8.78 Å². The fourth-order valence-corrected chi connectivity index (χ4v) is 5.63. The molecule has 5 nitrogen and oxygen atoms in total. The number of cyclic esters (lactones) is 1. The average Bonchev–Trinajstić information content (AvgIpc) is 3.60. The van der Waals surface area contributed by atoms with Crippen molar-refractivity contribution in [2.45, 2.75) is 56.7 Å². The smallest absolute Gasteiger partial charge is 0.327 e. The number of nitriles is 1. The number of benzene rings is 1.